The quantitative estimate of drug-likeness (QED) is 0.747. The molecule has 0 fully saturated rings. The topological polar surface area (TPSA) is 62.6 Å². The fourth-order valence-electron chi connectivity index (χ4n) is 0.697. The number of aromatic nitrogens is 2. The molecule has 1 aromatic heterocycles. The summed E-state index contributed by atoms with van der Waals surface area (Å²) in [6.45, 7) is 3.10. The summed E-state index contributed by atoms with van der Waals surface area (Å²) in [6.07, 6.45) is 5.53. The smallest absolute Gasteiger partial charge is 0.338 e. The number of phosphoric acid groups is 1. The molecule has 6 nitrogen and oxygen atoms in total. The fraction of sp³-hybridized carbons (Fsp3) is 0.625. The zero-order chi connectivity index (χ0) is 11.7. The molecule has 0 saturated carbocycles. The van der Waals surface area contributed by atoms with Gasteiger partial charge >= 0.3 is 7.82 Å². The summed E-state index contributed by atoms with van der Waals surface area (Å²) >= 11 is 0. The summed E-state index contributed by atoms with van der Waals surface area (Å²) in [7, 11) is 0.611. The van der Waals surface area contributed by atoms with Crippen molar-refractivity contribution in [2.24, 2.45) is 0 Å². The number of hydrogen-bond donors (Lipinski definition) is 0. The van der Waals surface area contributed by atoms with Gasteiger partial charge < -0.3 is 4.57 Å². The molecule has 0 radical (unpaired) electrons. The highest BCUT2D eigenvalue weighted by molar-refractivity contribution is 7.48. The second-order valence-electron chi connectivity index (χ2n) is 2.39. The first kappa shape index (κ1) is 14.3. The van der Waals surface area contributed by atoms with E-state index in [9.17, 15) is 4.57 Å². The summed E-state index contributed by atoms with van der Waals surface area (Å²) in [4.78, 5) is 3.86. The van der Waals surface area contributed by atoms with Gasteiger partial charge in [-0.1, -0.05) is 0 Å². The molecule has 0 saturated heterocycles. The molecule has 1 heterocycles. The molecule has 0 spiro atoms. The lowest BCUT2D eigenvalue weighted by Crippen LogP contribution is -1.88. The van der Waals surface area contributed by atoms with E-state index < -0.39 is 7.82 Å². The Bertz CT molecular complexity index is 270. The van der Waals surface area contributed by atoms with Crippen molar-refractivity contribution in [3.05, 3.63) is 18.7 Å². The van der Waals surface area contributed by atoms with Crippen LogP contribution in [-0.4, -0.2) is 30.9 Å². The minimum atomic E-state index is -3.16. The lowest BCUT2D eigenvalue weighted by Gasteiger charge is -2.08. The SMILES string of the molecule is CCn1ccnc1.COP(=O)(OC)OC. The molecule has 15 heavy (non-hydrogen) atoms. The highest BCUT2D eigenvalue weighted by Crippen LogP contribution is 2.46. The first-order valence-electron chi connectivity index (χ1n) is 4.34. The van der Waals surface area contributed by atoms with Gasteiger partial charge in [-0.25, -0.2) is 9.55 Å². The van der Waals surface area contributed by atoms with E-state index >= 15 is 0 Å². The van der Waals surface area contributed by atoms with E-state index in [1.165, 1.54) is 21.3 Å². The largest absolute Gasteiger partial charge is 0.473 e. The third kappa shape index (κ3) is 5.69. The lowest BCUT2D eigenvalue weighted by molar-refractivity contribution is 0.178. The molecule has 0 bridgehead atoms. The van der Waals surface area contributed by atoms with Crippen molar-refractivity contribution in [3.8, 4) is 0 Å². The van der Waals surface area contributed by atoms with E-state index in [1.54, 1.807) is 12.5 Å². The zero-order valence-electron chi connectivity index (χ0n) is 9.41. The first-order chi connectivity index (χ1) is 7.11. The summed E-state index contributed by atoms with van der Waals surface area (Å²) in [6, 6.07) is 0. The maximum absolute atomic E-state index is 10.7. The standard InChI is InChI=1S/C5H8N2.C3H9O4P/c1-2-7-4-3-6-5-7;1-5-8(4,6-2)7-3/h3-5H,2H2,1H3;1-3H3. The van der Waals surface area contributed by atoms with E-state index in [0.29, 0.717) is 0 Å². The first-order valence-corrected chi connectivity index (χ1v) is 5.81. The van der Waals surface area contributed by atoms with Crippen molar-refractivity contribution in [1.29, 1.82) is 0 Å². The van der Waals surface area contributed by atoms with E-state index in [0.717, 1.165) is 6.54 Å². The Balaban J connectivity index is 0.000000262. The van der Waals surface area contributed by atoms with Crippen LogP contribution in [0.4, 0.5) is 0 Å². The predicted molar refractivity (Wildman–Crippen MR) is 56.5 cm³/mol. The second-order valence-corrected chi connectivity index (χ2v) is 4.38. The minimum absolute atomic E-state index is 1.01. The number of aryl methyl sites for hydroxylation is 1. The van der Waals surface area contributed by atoms with Crippen LogP contribution < -0.4 is 0 Å². The summed E-state index contributed by atoms with van der Waals surface area (Å²) in [5.74, 6) is 0. The van der Waals surface area contributed by atoms with Crippen LogP contribution >= 0.6 is 7.82 Å². The zero-order valence-corrected chi connectivity index (χ0v) is 10.3. The minimum Gasteiger partial charge on any atom is -0.338 e. The van der Waals surface area contributed by atoms with Crippen molar-refractivity contribution >= 4 is 7.82 Å². The van der Waals surface area contributed by atoms with Crippen LogP contribution in [-0.2, 0) is 24.7 Å². The number of nitrogens with zero attached hydrogens (tertiary/aromatic N) is 2. The number of rotatable bonds is 4. The maximum atomic E-state index is 10.7. The van der Waals surface area contributed by atoms with E-state index in [1.807, 2.05) is 10.8 Å². The number of phosphoric ester groups is 1. The molecule has 0 amide bonds. The average Bonchev–Trinajstić information content (AvgIpc) is 2.81. The summed E-state index contributed by atoms with van der Waals surface area (Å²) in [5, 5.41) is 0. The van der Waals surface area contributed by atoms with Crippen molar-refractivity contribution in [2.75, 3.05) is 21.3 Å². The Kier molecular flexibility index (Phi) is 7.25. The molecule has 0 aliphatic rings. The lowest BCUT2D eigenvalue weighted by atomic mass is 10.7. The van der Waals surface area contributed by atoms with Gasteiger partial charge in [0.25, 0.3) is 0 Å². The molecule has 0 aromatic carbocycles. The highest BCUT2D eigenvalue weighted by atomic mass is 31.2. The van der Waals surface area contributed by atoms with Gasteiger partial charge in [0.15, 0.2) is 0 Å². The third-order valence-corrected chi connectivity index (χ3v) is 2.94. The van der Waals surface area contributed by atoms with Crippen molar-refractivity contribution in [1.82, 2.24) is 9.55 Å². The van der Waals surface area contributed by atoms with Crippen LogP contribution in [0.15, 0.2) is 18.7 Å². The molecular weight excluding hydrogens is 219 g/mol. The van der Waals surface area contributed by atoms with Crippen LogP contribution in [0.25, 0.3) is 0 Å². The average molecular weight is 236 g/mol. The van der Waals surface area contributed by atoms with E-state index in [-0.39, 0.29) is 0 Å². The molecule has 7 heteroatoms. The van der Waals surface area contributed by atoms with Gasteiger partial charge in [0.2, 0.25) is 0 Å². The number of hydrogen-bond acceptors (Lipinski definition) is 5. The van der Waals surface area contributed by atoms with Gasteiger partial charge in [-0.05, 0) is 6.92 Å². The van der Waals surface area contributed by atoms with Gasteiger partial charge in [-0.3, -0.25) is 13.6 Å². The van der Waals surface area contributed by atoms with E-state index in [2.05, 4.69) is 25.5 Å². The van der Waals surface area contributed by atoms with E-state index in [4.69, 9.17) is 0 Å². The molecule has 0 aliphatic carbocycles. The van der Waals surface area contributed by atoms with Crippen molar-refractivity contribution in [3.63, 3.8) is 0 Å². The van der Waals surface area contributed by atoms with Crippen LogP contribution in [0.1, 0.15) is 6.92 Å². The van der Waals surface area contributed by atoms with Gasteiger partial charge in [0.05, 0.1) is 6.33 Å². The molecular formula is C8H17N2O4P. The van der Waals surface area contributed by atoms with Crippen LogP contribution in [0.5, 0.6) is 0 Å². The van der Waals surface area contributed by atoms with Crippen molar-refractivity contribution in [2.45, 2.75) is 13.5 Å². The molecule has 0 aliphatic heterocycles. The van der Waals surface area contributed by atoms with Gasteiger partial charge in [0, 0.05) is 40.3 Å². The number of imidazole rings is 1. The van der Waals surface area contributed by atoms with Gasteiger partial charge in [0.1, 0.15) is 0 Å². The fourth-order valence-corrected chi connectivity index (χ4v) is 1.14. The van der Waals surface area contributed by atoms with Crippen LogP contribution in [0, 0.1) is 0 Å². The van der Waals surface area contributed by atoms with Crippen molar-refractivity contribution < 1.29 is 18.1 Å². The Morgan fingerprint density at radius 3 is 1.93 bits per heavy atom. The molecule has 1 aromatic rings. The Labute approximate surface area is 89.8 Å². The highest BCUT2D eigenvalue weighted by Gasteiger charge is 2.18. The van der Waals surface area contributed by atoms with Gasteiger partial charge in [-0.2, -0.15) is 0 Å². The molecule has 0 unspecified atom stereocenters. The Morgan fingerprint density at radius 2 is 1.80 bits per heavy atom. The monoisotopic (exact) mass is 236 g/mol. The van der Waals surface area contributed by atoms with Crippen LogP contribution in [0.2, 0.25) is 0 Å². The maximum Gasteiger partial charge on any atom is 0.473 e. The molecule has 0 atom stereocenters. The third-order valence-electron chi connectivity index (χ3n) is 1.60. The Hall–Kier alpha value is -0.680. The Morgan fingerprint density at radius 1 is 1.27 bits per heavy atom. The predicted octanol–water partition coefficient (Wildman–Crippen LogP) is 1.94. The second kappa shape index (κ2) is 7.59. The molecule has 88 valence electrons. The summed E-state index contributed by atoms with van der Waals surface area (Å²) in [5.41, 5.74) is 0. The van der Waals surface area contributed by atoms with Gasteiger partial charge in [-0.15, -0.1) is 0 Å². The molecule has 1 rings (SSSR count). The normalized spacial score (nSPS) is 10.7. The van der Waals surface area contributed by atoms with Crippen LogP contribution in [0.3, 0.4) is 0 Å². The summed E-state index contributed by atoms with van der Waals surface area (Å²) < 4.78 is 25.7. The molecule has 0 N–H and O–H groups in total.